The summed E-state index contributed by atoms with van der Waals surface area (Å²) in [4.78, 5) is 0.790. The fraction of sp³-hybridized carbons (Fsp3) is 0.0476. The molecule has 7 heteroatoms. The van der Waals surface area contributed by atoms with Crippen LogP contribution in [-0.4, -0.2) is 8.42 Å². The molecule has 0 spiro atoms. The number of para-hydroxylation sites is 1. The van der Waals surface area contributed by atoms with E-state index in [4.69, 9.17) is 10.2 Å². The summed E-state index contributed by atoms with van der Waals surface area (Å²) in [5, 5.41) is 0.601. The predicted octanol–water partition coefficient (Wildman–Crippen LogP) is 5.11. The number of furan rings is 1. The summed E-state index contributed by atoms with van der Waals surface area (Å²) in [6, 6.07) is 23.9. The number of fused-ring (bicyclic) bond motifs is 1. The van der Waals surface area contributed by atoms with Crippen molar-refractivity contribution in [3.8, 4) is 0 Å². The molecule has 0 saturated carbocycles. The Balaban J connectivity index is 1.61. The molecule has 0 unspecified atom stereocenters. The predicted molar refractivity (Wildman–Crippen MR) is 114 cm³/mol. The van der Waals surface area contributed by atoms with Gasteiger partial charge in [0.25, 0.3) is 10.0 Å². The number of nitrogens with two attached hydrogens (primary N) is 1. The minimum atomic E-state index is -3.88. The van der Waals surface area contributed by atoms with Gasteiger partial charge in [-0.25, -0.2) is 0 Å². The van der Waals surface area contributed by atoms with Crippen LogP contribution in [0.4, 0.5) is 11.4 Å². The van der Waals surface area contributed by atoms with E-state index in [2.05, 4.69) is 4.72 Å². The van der Waals surface area contributed by atoms with E-state index in [1.165, 1.54) is 17.8 Å². The van der Waals surface area contributed by atoms with Gasteiger partial charge in [-0.3, -0.25) is 4.72 Å². The smallest absolute Gasteiger partial charge is 0.295 e. The highest BCUT2D eigenvalue weighted by molar-refractivity contribution is 7.98. The van der Waals surface area contributed by atoms with Gasteiger partial charge < -0.3 is 10.2 Å². The highest BCUT2D eigenvalue weighted by Crippen LogP contribution is 2.33. The van der Waals surface area contributed by atoms with Crippen molar-refractivity contribution in [1.82, 2.24) is 0 Å². The number of hydrogen-bond acceptors (Lipinski definition) is 5. The molecule has 0 amide bonds. The van der Waals surface area contributed by atoms with Crippen LogP contribution in [-0.2, 0) is 15.8 Å². The van der Waals surface area contributed by atoms with Crippen molar-refractivity contribution >= 4 is 44.1 Å². The number of rotatable bonds is 6. The first-order valence-electron chi connectivity index (χ1n) is 8.59. The second-order valence-electron chi connectivity index (χ2n) is 6.24. The highest BCUT2D eigenvalue weighted by atomic mass is 32.2. The van der Waals surface area contributed by atoms with E-state index in [1.54, 1.807) is 30.3 Å². The Kier molecular flexibility index (Phi) is 5.02. The number of nitrogen functional groups attached to an aromatic ring is 1. The summed E-state index contributed by atoms with van der Waals surface area (Å²) in [5.41, 5.74) is 8.47. The quantitative estimate of drug-likeness (QED) is 0.341. The van der Waals surface area contributed by atoms with E-state index >= 15 is 0 Å². The van der Waals surface area contributed by atoms with Crippen LogP contribution in [0.3, 0.4) is 0 Å². The molecule has 0 radical (unpaired) electrons. The van der Waals surface area contributed by atoms with Crippen molar-refractivity contribution in [2.75, 3.05) is 10.5 Å². The monoisotopic (exact) mass is 410 g/mol. The average Bonchev–Trinajstić information content (AvgIpc) is 3.13. The van der Waals surface area contributed by atoms with Gasteiger partial charge in [-0.2, -0.15) is 8.42 Å². The van der Waals surface area contributed by atoms with E-state index in [1.807, 2.05) is 42.5 Å². The Hall–Kier alpha value is -2.90. The summed E-state index contributed by atoms with van der Waals surface area (Å²) in [6.07, 6.45) is 0. The van der Waals surface area contributed by atoms with Crippen molar-refractivity contribution in [1.29, 1.82) is 0 Å². The van der Waals surface area contributed by atoms with E-state index in [0.717, 1.165) is 15.8 Å². The highest BCUT2D eigenvalue weighted by Gasteiger charge is 2.21. The lowest BCUT2D eigenvalue weighted by Gasteiger charge is -2.12. The Labute approximate surface area is 167 Å². The molecule has 0 bridgehead atoms. The second-order valence-corrected chi connectivity index (χ2v) is 8.87. The molecule has 3 aromatic carbocycles. The molecule has 4 aromatic rings. The zero-order valence-corrected chi connectivity index (χ0v) is 16.5. The first kappa shape index (κ1) is 18.5. The minimum absolute atomic E-state index is 0.130. The lowest BCUT2D eigenvalue weighted by atomic mass is 10.2. The van der Waals surface area contributed by atoms with Crippen LogP contribution < -0.4 is 10.5 Å². The van der Waals surface area contributed by atoms with Crippen molar-refractivity contribution in [3.05, 3.63) is 84.4 Å². The van der Waals surface area contributed by atoms with Crippen molar-refractivity contribution < 1.29 is 12.8 Å². The molecule has 0 aliphatic rings. The van der Waals surface area contributed by atoms with Gasteiger partial charge in [0, 0.05) is 27.8 Å². The number of benzene rings is 3. The summed E-state index contributed by atoms with van der Waals surface area (Å²) < 4.78 is 33.8. The SMILES string of the molecule is Nc1ccc(SCc2ccccc2)c(NS(=O)(=O)c2cc3ccccc3o2)c1. The molecular formula is C21H18N2O3S2. The maximum Gasteiger partial charge on any atom is 0.295 e. The Morgan fingerprint density at radius 3 is 2.46 bits per heavy atom. The van der Waals surface area contributed by atoms with Crippen LogP contribution in [0, 0.1) is 0 Å². The van der Waals surface area contributed by atoms with Gasteiger partial charge in [0.2, 0.25) is 5.09 Å². The van der Waals surface area contributed by atoms with Gasteiger partial charge in [-0.1, -0.05) is 48.5 Å². The molecule has 142 valence electrons. The van der Waals surface area contributed by atoms with Crippen LogP contribution in [0.1, 0.15) is 5.56 Å². The first-order chi connectivity index (χ1) is 13.5. The topological polar surface area (TPSA) is 85.3 Å². The van der Waals surface area contributed by atoms with Crippen LogP contribution in [0.25, 0.3) is 11.0 Å². The molecule has 4 rings (SSSR count). The van der Waals surface area contributed by atoms with E-state index in [0.29, 0.717) is 22.7 Å². The van der Waals surface area contributed by atoms with E-state index in [9.17, 15) is 8.42 Å². The number of nitrogens with one attached hydrogen (secondary N) is 1. The zero-order chi connectivity index (χ0) is 19.6. The molecule has 0 aliphatic carbocycles. The second kappa shape index (κ2) is 7.61. The Bertz CT molecular complexity index is 1190. The zero-order valence-electron chi connectivity index (χ0n) is 14.8. The first-order valence-corrected chi connectivity index (χ1v) is 11.1. The molecule has 28 heavy (non-hydrogen) atoms. The Morgan fingerprint density at radius 2 is 1.68 bits per heavy atom. The third-order valence-corrected chi connectivity index (χ3v) is 6.52. The number of hydrogen-bond donors (Lipinski definition) is 2. The maximum atomic E-state index is 12.9. The Morgan fingerprint density at radius 1 is 0.929 bits per heavy atom. The third kappa shape index (κ3) is 4.00. The average molecular weight is 411 g/mol. The van der Waals surface area contributed by atoms with Gasteiger partial charge in [-0.05, 0) is 29.8 Å². The lowest BCUT2D eigenvalue weighted by molar-refractivity contribution is 0.484. The summed E-state index contributed by atoms with van der Waals surface area (Å²) in [6.45, 7) is 0. The van der Waals surface area contributed by atoms with Gasteiger partial charge in [-0.15, -0.1) is 11.8 Å². The van der Waals surface area contributed by atoms with Gasteiger partial charge in [0.1, 0.15) is 5.58 Å². The fourth-order valence-electron chi connectivity index (χ4n) is 2.77. The van der Waals surface area contributed by atoms with Crippen LogP contribution in [0.2, 0.25) is 0 Å². The number of sulfonamides is 1. The molecule has 0 aliphatic heterocycles. The van der Waals surface area contributed by atoms with Gasteiger partial charge in [0.15, 0.2) is 0 Å². The van der Waals surface area contributed by atoms with E-state index < -0.39 is 10.0 Å². The summed E-state index contributed by atoms with van der Waals surface area (Å²) in [5.74, 6) is 0.712. The van der Waals surface area contributed by atoms with Crippen molar-refractivity contribution in [2.24, 2.45) is 0 Å². The van der Waals surface area contributed by atoms with Crippen molar-refractivity contribution in [2.45, 2.75) is 15.7 Å². The minimum Gasteiger partial charge on any atom is -0.443 e. The van der Waals surface area contributed by atoms with Crippen LogP contribution in [0.5, 0.6) is 0 Å². The molecule has 5 nitrogen and oxygen atoms in total. The molecule has 0 saturated heterocycles. The fourth-order valence-corrected chi connectivity index (χ4v) is 4.82. The van der Waals surface area contributed by atoms with Crippen molar-refractivity contribution in [3.63, 3.8) is 0 Å². The summed E-state index contributed by atoms with van der Waals surface area (Å²) in [7, 11) is -3.88. The van der Waals surface area contributed by atoms with Gasteiger partial charge in [0.05, 0.1) is 5.69 Å². The van der Waals surface area contributed by atoms with E-state index in [-0.39, 0.29) is 5.09 Å². The third-order valence-electron chi connectivity index (χ3n) is 4.15. The molecule has 3 N–H and O–H groups in total. The molecule has 0 atom stereocenters. The number of thioether (sulfide) groups is 1. The largest absolute Gasteiger partial charge is 0.443 e. The van der Waals surface area contributed by atoms with Crippen LogP contribution in [0.15, 0.2) is 93.3 Å². The maximum absolute atomic E-state index is 12.9. The molecule has 0 fully saturated rings. The molecule has 1 heterocycles. The summed E-state index contributed by atoms with van der Waals surface area (Å²) >= 11 is 1.54. The number of anilines is 2. The normalized spacial score (nSPS) is 11.6. The molecular weight excluding hydrogens is 392 g/mol. The van der Waals surface area contributed by atoms with Crippen LogP contribution >= 0.6 is 11.8 Å². The lowest BCUT2D eigenvalue weighted by Crippen LogP contribution is -2.13. The molecule has 1 aromatic heterocycles. The standard InChI is InChI=1S/C21H18N2O3S2/c22-17-10-11-20(27-14-15-6-2-1-3-7-15)18(13-17)23-28(24,25)21-12-16-8-4-5-9-19(16)26-21/h1-13,23H,14,22H2. The van der Waals surface area contributed by atoms with Gasteiger partial charge >= 0.3 is 0 Å².